The van der Waals surface area contributed by atoms with Gasteiger partial charge in [-0.2, -0.15) is 52.3 Å². The van der Waals surface area contributed by atoms with Crippen molar-refractivity contribution in [3.05, 3.63) is 184 Å². The van der Waals surface area contributed by atoms with Crippen LogP contribution in [0.4, 0.5) is 43.9 Å². The standard InChI is InChI=1S/C40H40F5NO5S2.C33H34F5NO3S/c1-24-4-14-31(15-5-24)53(50,51)46-52(3,49)30-16-10-26(11-17-30)25-6-8-27(9-7-25)34-23-37(2)35(20-21-38(37,48)39(41,42)40(43,44)45)33-18-12-28-22-29(47)13-19-32(28)36(33)34;1-30-18-27(21-5-3-19(4-6-21)20-7-11-24(12-8-20)43(2,39)42)29-25-14-10-23(40)17-22(25)9-13-26(29)28(30)15-16-31(30,41)32(34,35)33(36,37)38/h4-11,14-17,22,33-35,48H,12-13,18-21,23H2,1-3H3;3-8,11-12,17,26-28,39,41H,9-10,13-16,18H2,1-2H3/t33?,34-,35?,37+,38+,52?;26?,27-,28?,30+,31+,43?/m11/s1. The van der Waals surface area contributed by atoms with Crippen molar-refractivity contribution in [2.24, 2.45) is 38.3 Å². The van der Waals surface area contributed by atoms with Gasteiger partial charge >= 0.3 is 24.2 Å². The number of nitrogens with one attached hydrogen (secondary N) is 1. The van der Waals surface area contributed by atoms with E-state index in [1.54, 1.807) is 72.8 Å². The molecule has 3 N–H and O–H groups in total. The number of hydrogen-bond acceptors (Lipinski definition) is 9. The van der Waals surface area contributed by atoms with Gasteiger partial charge < -0.3 is 10.2 Å². The summed E-state index contributed by atoms with van der Waals surface area (Å²) in [5, 5.41) is 23.0. The average Bonchev–Trinajstić information content (AvgIpc) is 1.46. The van der Waals surface area contributed by atoms with Crippen LogP contribution in [0, 0.1) is 46.2 Å². The van der Waals surface area contributed by atoms with Crippen LogP contribution in [-0.4, -0.2) is 86.5 Å². The van der Waals surface area contributed by atoms with Gasteiger partial charge in [-0.1, -0.05) is 115 Å². The number of carbonyl (C=O) groups is 2. The summed E-state index contributed by atoms with van der Waals surface area (Å²) in [4.78, 5) is 25.2. The van der Waals surface area contributed by atoms with E-state index in [1.165, 1.54) is 38.5 Å². The summed E-state index contributed by atoms with van der Waals surface area (Å²) in [6.07, 6.45) is -3.58. The zero-order valence-electron chi connectivity index (χ0n) is 53.4. The number of alkyl halides is 10. The number of fused-ring (bicyclic) bond motifs is 8. The van der Waals surface area contributed by atoms with E-state index in [0.29, 0.717) is 67.4 Å². The topological polar surface area (TPSA) is 179 Å². The number of aryl methyl sites for hydroxylation is 1. The minimum Gasteiger partial charge on any atom is -0.383 e. The molecule has 0 spiro atoms. The Morgan fingerprint density at radius 3 is 1.18 bits per heavy atom. The number of aliphatic hydroxyl groups is 2. The summed E-state index contributed by atoms with van der Waals surface area (Å²) < 4.78 is 207. The molecule has 8 aliphatic carbocycles. The van der Waals surface area contributed by atoms with Crippen LogP contribution in [0.3, 0.4) is 0 Å². The fourth-order valence-corrected chi connectivity index (χ4v) is 22.0. The Labute approximate surface area is 552 Å². The third kappa shape index (κ3) is 11.4. The van der Waals surface area contributed by atoms with Crippen molar-refractivity contribution in [3.8, 4) is 22.3 Å². The molecule has 5 aromatic rings. The molecule has 4 fully saturated rings. The number of benzene rings is 5. The van der Waals surface area contributed by atoms with Gasteiger partial charge in [0, 0.05) is 57.8 Å². The minimum absolute atomic E-state index is 0.0101. The van der Waals surface area contributed by atoms with E-state index in [2.05, 4.69) is 3.77 Å². The second kappa shape index (κ2) is 23.8. The first-order chi connectivity index (χ1) is 44.7. The molecule has 23 heteroatoms. The van der Waals surface area contributed by atoms with Crippen molar-refractivity contribution >= 4 is 41.0 Å². The smallest absolute Gasteiger partial charge is 0.383 e. The number of allylic oxidation sites excluding steroid dienone is 8. The van der Waals surface area contributed by atoms with Gasteiger partial charge in [-0.15, -0.1) is 3.77 Å². The quantitative estimate of drug-likeness (QED) is 0.116. The molecule has 512 valence electrons. The number of halogens is 10. The molecule has 5 aromatic carbocycles. The zero-order chi connectivity index (χ0) is 69.5. The molecule has 13 rings (SSSR count). The normalized spacial score (nSPS) is 30.4. The van der Waals surface area contributed by atoms with Gasteiger partial charge in [-0.25, -0.2) is 13.2 Å². The molecule has 8 aliphatic rings. The highest BCUT2D eigenvalue weighted by molar-refractivity contribution is 8.03. The first kappa shape index (κ1) is 69.4. The van der Waals surface area contributed by atoms with Gasteiger partial charge in [0.25, 0.3) is 10.0 Å². The lowest BCUT2D eigenvalue weighted by Gasteiger charge is -2.56. The number of sulfonamides is 1. The molecule has 0 aromatic heterocycles. The maximum Gasteiger partial charge on any atom is 0.456 e. The average molecular weight is 1390 g/mol. The lowest BCUT2D eigenvalue weighted by molar-refractivity contribution is -0.362. The van der Waals surface area contributed by atoms with Crippen molar-refractivity contribution in [2.75, 3.05) is 12.5 Å². The number of ketones is 2. The lowest BCUT2D eigenvalue weighted by Crippen LogP contribution is -2.65. The van der Waals surface area contributed by atoms with Crippen LogP contribution in [0.1, 0.15) is 132 Å². The molecule has 12 atom stereocenters. The Balaban J connectivity index is 0.000000187. The second-order valence-electron chi connectivity index (χ2n) is 28.2. The van der Waals surface area contributed by atoms with Gasteiger partial charge in [0.1, 0.15) is 11.2 Å². The van der Waals surface area contributed by atoms with E-state index >= 15 is 17.6 Å². The Kier molecular flexibility index (Phi) is 17.2. The summed E-state index contributed by atoms with van der Waals surface area (Å²) in [6, 6.07) is 34.0. The highest BCUT2D eigenvalue weighted by Gasteiger charge is 2.80. The van der Waals surface area contributed by atoms with Gasteiger partial charge in [0.05, 0.1) is 24.4 Å². The molecule has 4 saturated carbocycles. The van der Waals surface area contributed by atoms with Crippen molar-refractivity contribution in [1.82, 2.24) is 0 Å². The van der Waals surface area contributed by atoms with Gasteiger partial charge in [-0.3, -0.25) is 9.59 Å². The highest BCUT2D eigenvalue weighted by Crippen LogP contribution is 2.73. The predicted molar refractivity (Wildman–Crippen MR) is 344 cm³/mol. The highest BCUT2D eigenvalue weighted by atomic mass is 32.3. The fourth-order valence-electron chi connectivity index (χ4n) is 18.0. The Morgan fingerprint density at radius 2 is 0.823 bits per heavy atom. The van der Waals surface area contributed by atoms with Crippen molar-refractivity contribution in [2.45, 2.75) is 173 Å². The molecule has 0 bridgehead atoms. The van der Waals surface area contributed by atoms with Crippen LogP contribution in [0.5, 0.6) is 0 Å². The molecule has 0 heterocycles. The third-order valence-corrected chi connectivity index (χ3v) is 28.1. The van der Waals surface area contributed by atoms with E-state index in [1.807, 2.05) is 55.5 Å². The van der Waals surface area contributed by atoms with E-state index in [9.17, 15) is 63.0 Å². The van der Waals surface area contributed by atoms with Crippen LogP contribution < -0.4 is 0 Å². The Hall–Kier alpha value is -6.53. The number of hydrogen-bond donors (Lipinski definition) is 3. The van der Waals surface area contributed by atoms with Crippen LogP contribution >= 0.6 is 0 Å². The van der Waals surface area contributed by atoms with Gasteiger partial charge in [0.15, 0.2) is 11.6 Å². The van der Waals surface area contributed by atoms with E-state index < -0.39 is 112 Å². The number of nitrogens with zero attached hydrogens (tertiary/aromatic N) is 1. The Bertz CT molecular complexity index is 4480. The predicted octanol–water partition coefficient (Wildman–Crippen LogP) is 17.6. The maximum absolute atomic E-state index is 15.3. The van der Waals surface area contributed by atoms with Crippen LogP contribution in [-0.2, 0) is 39.1 Å². The third-order valence-electron chi connectivity index (χ3n) is 23.0. The van der Waals surface area contributed by atoms with Crippen molar-refractivity contribution < 1.29 is 80.5 Å². The monoisotopic (exact) mass is 1390 g/mol. The van der Waals surface area contributed by atoms with Crippen LogP contribution in [0.2, 0.25) is 0 Å². The molecule has 6 unspecified atom stereocenters. The summed E-state index contributed by atoms with van der Waals surface area (Å²) in [6.45, 7) is 4.63. The van der Waals surface area contributed by atoms with Gasteiger partial charge in [-0.05, 0) is 212 Å². The zero-order valence-corrected chi connectivity index (χ0v) is 55.8. The fraction of sp³-hybridized carbons (Fsp3) is 0.452. The molecule has 0 radical (unpaired) electrons. The first-order valence-corrected chi connectivity index (χ1v) is 37.5. The number of rotatable bonds is 10. The number of carbonyl (C=O) groups excluding carboxylic acids is 2. The second-order valence-corrected chi connectivity index (χ2v) is 34.5. The van der Waals surface area contributed by atoms with Crippen molar-refractivity contribution in [1.29, 1.82) is 4.78 Å². The molecule has 96 heavy (non-hydrogen) atoms. The van der Waals surface area contributed by atoms with E-state index in [0.717, 1.165) is 61.3 Å². The van der Waals surface area contributed by atoms with Crippen LogP contribution in [0.15, 0.2) is 185 Å². The summed E-state index contributed by atoms with van der Waals surface area (Å²) in [5.74, 6) is -13.4. The molecular weight excluding hydrogens is 1320 g/mol. The molecule has 10 nitrogen and oxygen atoms in total. The molecular formula is C73H74F10N2O8S3. The summed E-state index contributed by atoms with van der Waals surface area (Å²) in [5.41, 5.74) is 1.28. The largest absolute Gasteiger partial charge is 0.456 e. The van der Waals surface area contributed by atoms with Gasteiger partial charge in [0.2, 0.25) is 0 Å². The molecule has 0 amide bonds. The molecule has 0 saturated heterocycles. The van der Waals surface area contributed by atoms with Crippen molar-refractivity contribution in [3.63, 3.8) is 0 Å². The van der Waals surface area contributed by atoms with Crippen LogP contribution in [0.25, 0.3) is 22.3 Å². The lowest BCUT2D eigenvalue weighted by atomic mass is 9.50. The first-order valence-electron chi connectivity index (χ1n) is 32.1. The summed E-state index contributed by atoms with van der Waals surface area (Å²) in [7, 11) is -10.4. The SMILES string of the molecule is C[C@]12C[C@H](c3ccc(-c4ccc(S(C)(=N)=O)cc4)cc3)C3=C4CCC(=O)C=C4CCC3C1CC[C@@]2(O)C(F)(F)C(F)(F)F.Cc1ccc(S(=O)(=O)N=S(C)(=O)c2ccc(-c3ccc([C@H]4C[C@@]5(C)C(CC[C@@]5(O)C(F)(F)C(F)(F)F)C5CCC6=CC(=O)CCC6=C54)cc3)cc2)cc1. The minimum atomic E-state index is -5.92. The summed E-state index contributed by atoms with van der Waals surface area (Å²) >= 11 is 0. The van der Waals surface area contributed by atoms with E-state index in [4.69, 9.17) is 4.78 Å². The molecule has 0 aliphatic heterocycles. The Morgan fingerprint density at radius 1 is 0.479 bits per heavy atom. The van der Waals surface area contributed by atoms with E-state index in [-0.39, 0.29) is 58.9 Å². The maximum atomic E-state index is 15.3.